The molecule has 5 heteroatoms. The molecule has 1 heterocycles. The Hall–Kier alpha value is -1.55. The number of nitrogens with one attached hydrogen (secondary N) is 1. The zero-order chi connectivity index (χ0) is 13.1. The topological polar surface area (TPSA) is 49.4 Å². The van der Waals surface area contributed by atoms with E-state index in [0.717, 1.165) is 5.69 Å². The molecular weight excluding hydrogens is 252 g/mol. The molecule has 0 aliphatic carbocycles. The highest BCUT2D eigenvalue weighted by Crippen LogP contribution is 2.31. The van der Waals surface area contributed by atoms with E-state index in [4.69, 9.17) is 11.6 Å². The summed E-state index contributed by atoms with van der Waals surface area (Å²) in [6.07, 6.45) is 0.567. The number of para-hydroxylation sites is 2. The van der Waals surface area contributed by atoms with Crippen molar-refractivity contribution >= 4 is 34.8 Å². The second kappa shape index (κ2) is 5.40. The summed E-state index contributed by atoms with van der Waals surface area (Å²) in [7, 11) is 0. The Morgan fingerprint density at radius 2 is 2.22 bits per heavy atom. The summed E-state index contributed by atoms with van der Waals surface area (Å²) >= 11 is 5.63. The molecule has 0 saturated carbocycles. The number of amides is 2. The number of benzene rings is 1. The molecule has 0 bridgehead atoms. The second-order valence-corrected chi connectivity index (χ2v) is 4.70. The van der Waals surface area contributed by atoms with Gasteiger partial charge in [0.05, 0.1) is 11.4 Å². The third-order valence-corrected chi connectivity index (χ3v) is 3.13. The molecule has 1 aromatic carbocycles. The van der Waals surface area contributed by atoms with Crippen LogP contribution >= 0.6 is 11.6 Å². The van der Waals surface area contributed by atoms with Crippen molar-refractivity contribution in [2.24, 2.45) is 0 Å². The molecule has 0 fully saturated rings. The lowest BCUT2D eigenvalue weighted by Gasteiger charge is -2.27. The largest absolute Gasteiger partial charge is 0.324 e. The Balaban J connectivity index is 2.43. The van der Waals surface area contributed by atoms with Gasteiger partial charge in [-0.15, -0.1) is 11.6 Å². The normalized spacial score (nSPS) is 18.9. The number of carbonyl (C=O) groups excluding carboxylic acids is 2. The predicted molar refractivity (Wildman–Crippen MR) is 72.0 cm³/mol. The molecule has 4 nitrogen and oxygen atoms in total. The Morgan fingerprint density at radius 3 is 2.94 bits per heavy atom. The zero-order valence-electron chi connectivity index (χ0n) is 10.1. The molecule has 18 heavy (non-hydrogen) atoms. The minimum atomic E-state index is -0.163. The summed E-state index contributed by atoms with van der Waals surface area (Å²) < 4.78 is 0. The summed E-state index contributed by atoms with van der Waals surface area (Å²) in [5.41, 5.74) is 1.42. The number of nitrogens with zero attached hydrogens (tertiary/aromatic N) is 1. The van der Waals surface area contributed by atoms with Crippen LogP contribution in [-0.2, 0) is 9.59 Å². The third-order valence-electron chi connectivity index (χ3n) is 2.94. The number of alkyl halides is 1. The van der Waals surface area contributed by atoms with Crippen LogP contribution in [0.2, 0.25) is 0 Å². The van der Waals surface area contributed by atoms with Crippen LogP contribution < -0.4 is 10.2 Å². The predicted octanol–water partition coefficient (Wildman–Crippen LogP) is 2.38. The first-order valence-electron chi connectivity index (χ1n) is 5.90. The van der Waals surface area contributed by atoms with E-state index in [1.54, 1.807) is 11.0 Å². The van der Waals surface area contributed by atoms with E-state index in [9.17, 15) is 9.59 Å². The van der Waals surface area contributed by atoms with Crippen LogP contribution in [0.3, 0.4) is 0 Å². The van der Waals surface area contributed by atoms with Crippen LogP contribution in [0.5, 0.6) is 0 Å². The quantitative estimate of drug-likeness (QED) is 0.836. The maximum Gasteiger partial charge on any atom is 0.228 e. The standard InChI is InChI=1S/C13H15ClN2O2/c1-9-8-12(17)15-10-4-2-3-5-11(10)16(9)13(18)6-7-14/h2-5,9H,6-8H2,1H3,(H,15,17). The lowest BCUT2D eigenvalue weighted by atomic mass is 10.1. The van der Waals surface area contributed by atoms with E-state index in [2.05, 4.69) is 5.32 Å². The summed E-state index contributed by atoms with van der Waals surface area (Å²) in [6, 6.07) is 7.16. The fraction of sp³-hybridized carbons (Fsp3) is 0.385. The van der Waals surface area contributed by atoms with Crippen LogP contribution in [-0.4, -0.2) is 23.7 Å². The van der Waals surface area contributed by atoms with Crippen molar-refractivity contribution < 1.29 is 9.59 Å². The van der Waals surface area contributed by atoms with Gasteiger partial charge in [-0.3, -0.25) is 9.59 Å². The lowest BCUT2D eigenvalue weighted by molar-refractivity contribution is -0.119. The number of anilines is 2. The van der Waals surface area contributed by atoms with E-state index in [1.807, 2.05) is 25.1 Å². The van der Waals surface area contributed by atoms with Gasteiger partial charge in [0.2, 0.25) is 11.8 Å². The number of hydrogen-bond acceptors (Lipinski definition) is 2. The average molecular weight is 267 g/mol. The maximum absolute atomic E-state index is 12.1. The molecule has 1 unspecified atom stereocenters. The molecule has 0 radical (unpaired) electrons. The first-order valence-corrected chi connectivity index (χ1v) is 6.44. The molecule has 0 spiro atoms. The Bertz CT molecular complexity index is 476. The van der Waals surface area contributed by atoms with Crippen molar-refractivity contribution in [3.05, 3.63) is 24.3 Å². The van der Waals surface area contributed by atoms with Crippen LogP contribution in [0.4, 0.5) is 11.4 Å². The summed E-state index contributed by atoms with van der Waals surface area (Å²) in [5.74, 6) is 0.156. The van der Waals surface area contributed by atoms with Crippen LogP contribution in [0, 0.1) is 0 Å². The summed E-state index contributed by atoms with van der Waals surface area (Å²) in [4.78, 5) is 25.5. The second-order valence-electron chi connectivity index (χ2n) is 4.32. The number of fused-ring (bicyclic) bond motifs is 1. The van der Waals surface area contributed by atoms with Gasteiger partial charge in [-0.25, -0.2) is 0 Å². The van der Waals surface area contributed by atoms with Crippen LogP contribution in [0.1, 0.15) is 19.8 Å². The van der Waals surface area contributed by atoms with Gasteiger partial charge in [-0.2, -0.15) is 0 Å². The van der Waals surface area contributed by atoms with E-state index < -0.39 is 0 Å². The molecular formula is C13H15ClN2O2. The molecule has 0 aromatic heterocycles. The highest BCUT2D eigenvalue weighted by molar-refractivity contribution is 6.19. The SMILES string of the molecule is CC1CC(=O)Nc2ccccc2N1C(=O)CCCl. The van der Waals surface area contributed by atoms with E-state index >= 15 is 0 Å². The molecule has 1 aromatic rings. The number of hydrogen-bond donors (Lipinski definition) is 1. The van der Waals surface area contributed by atoms with Gasteiger partial charge in [-0.05, 0) is 19.1 Å². The van der Waals surface area contributed by atoms with Crippen molar-refractivity contribution in [3.63, 3.8) is 0 Å². The molecule has 0 saturated heterocycles. The Labute approximate surface area is 111 Å². The van der Waals surface area contributed by atoms with Gasteiger partial charge in [0.15, 0.2) is 0 Å². The molecule has 1 aliphatic rings. The van der Waals surface area contributed by atoms with Crippen molar-refractivity contribution in [3.8, 4) is 0 Å². The molecule has 1 atom stereocenters. The van der Waals surface area contributed by atoms with Crippen molar-refractivity contribution in [2.75, 3.05) is 16.1 Å². The van der Waals surface area contributed by atoms with E-state index in [-0.39, 0.29) is 30.2 Å². The number of carbonyl (C=O) groups is 2. The first kappa shape index (κ1) is 12.9. The Morgan fingerprint density at radius 1 is 1.50 bits per heavy atom. The van der Waals surface area contributed by atoms with Gasteiger partial charge in [0.1, 0.15) is 0 Å². The van der Waals surface area contributed by atoms with Crippen molar-refractivity contribution in [1.82, 2.24) is 0 Å². The number of rotatable bonds is 2. The van der Waals surface area contributed by atoms with Crippen LogP contribution in [0.15, 0.2) is 24.3 Å². The highest BCUT2D eigenvalue weighted by Gasteiger charge is 2.28. The van der Waals surface area contributed by atoms with Crippen molar-refractivity contribution in [1.29, 1.82) is 0 Å². The molecule has 2 rings (SSSR count). The summed E-state index contributed by atoms with van der Waals surface area (Å²) in [5, 5.41) is 2.81. The van der Waals surface area contributed by atoms with E-state index in [0.29, 0.717) is 12.1 Å². The van der Waals surface area contributed by atoms with Gasteiger partial charge < -0.3 is 10.2 Å². The molecule has 2 amide bonds. The first-order chi connectivity index (χ1) is 8.63. The van der Waals surface area contributed by atoms with Crippen molar-refractivity contribution in [2.45, 2.75) is 25.8 Å². The maximum atomic E-state index is 12.1. The average Bonchev–Trinajstić information content (AvgIpc) is 2.43. The fourth-order valence-corrected chi connectivity index (χ4v) is 2.33. The number of halogens is 1. The fourth-order valence-electron chi connectivity index (χ4n) is 2.17. The molecule has 1 aliphatic heterocycles. The lowest BCUT2D eigenvalue weighted by Crippen LogP contribution is -2.39. The monoisotopic (exact) mass is 266 g/mol. The van der Waals surface area contributed by atoms with Gasteiger partial charge in [-0.1, -0.05) is 12.1 Å². The summed E-state index contributed by atoms with van der Waals surface area (Å²) in [6.45, 7) is 1.87. The Kier molecular flexibility index (Phi) is 3.87. The molecule has 1 N–H and O–H groups in total. The molecule has 96 valence electrons. The van der Waals surface area contributed by atoms with E-state index in [1.165, 1.54) is 0 Å². The van der Waals surface area contributed by atoms with Crippen LogP contribution in [0.25, 0.3) is 0 Å². The minimum Gasteiger partial charge on any atom is -0.324 e. The third kappa shape index (κ3) is 2.48. The smallest absolute Gasteiger partial charge is 0.228 e. The van der Waals surface area contributed by atoms with Gasteiger partial charge >= 0.3 is 0 Å². The minimum absolute atomic E-state index is 0.0542. The highest BCUT2D eigenvalue weighted by atomic mass is 35.5. The zero-order valence-corrected chi connectivity index (χ0v) is 10.9. The van der Waals surface area contributed by atoms with Gasteiger partial charge in [0.25, 0.3) is 0 Å². The van der Waals surface area contributed by atoms with Gasteiger partial charge in [0, 0.05) is 24.8 Å².